The Balaban J connectivity index is 1.67. The van der Waals surface area contributed by atoms with E-state index < -0.39 is 6.10 Å². The van der Waals surface area contributed by atoms with Crippen LogP contribution >= 0.6 is 0 Å². The number of carbonyl (C=O) groups excluding carboxylic acids is 1. The lowest BCUT2D eigenvalue weighted by Gasteiger charge is -2.38. The second kappa shape index (κ2) is 9.60. The highest BCUT2D eigenvalue weighted by Crippen LogP contribution is 2.34. The van der Waals surface area contributed by atoms with E-state index in [0.29, 0.717) is 37.7 Å². The Kier molecular flexibility index (Phi) is 6.93. The second-order valence-electron chi connectivity index (χ2n) is 7.17. The van der Waals surface area contributed by atoms with Crippen LogP contribution in [0.5, 0.6) is 11.5 Å². The van der Waals surface area contributed by atoms with Crippen LogP contribution in [0, 0.1) is 0 Å². The fourth-order valence-electron chi connectivity index (χ4n) is 3.65. The van der Waals surface area contributed by atoms with Crippen LogP contribution in [0.25, 0.3) is 0 Å². The van der Waals surface area contributed by atoms with E-state index in [-0.39, 0.29) is 11.3 Å². The Morgan fingerprint density at radius 1 is 1.11 bits per heavy atom. The molecule has 150 valence electrons. The first-order valence-electron chi connectivity index (χ1n) is 9.88. The fraction of sp³-hybridized carbons (Fsp3) is 0.435. The molecule has 1 unspecified atom stereocenters. The number of benzene rings is 2. The SMILES string of the molecule is CCC(Oc1cccc(OC)c1)C(=O)NCC1(c2ccccc2)CCOCC1. The minimum Gasteiger partial charge on any atom is -0.497 e. The summed E-state index contributed by atoms with van der Waals surface area (Å²) in [6.07, 6.45) is 1.83. The van der Waals surface area contributed by atoms with Crippen LogP contribution < -0.4 is 14.8 Å². The monoisotopic (exact) mass is 383 g/mol. The van der Waals surface area contributed by atoms with Gasteiger partial charge >= 0.3 is 0 Å². The van der Waals surface area contributed by atoms with E-state index in [1.807, 2.05) is 31.2 Å². The van der Waals surface area contributed by atoms with Gasteiger partial charge in [-0.15, -0.1) is 0 Å². The molecule has 0 spiro atoms. The standard InChI is InChI=1S/C23H29NO4/c1-3-21(28-20-11-7-10-19(16-20)26-2)22(25)24-17-23(12-14-27-15-13-23)18-8-5-4-6-9-18/h4-11,16,21H,3,12-15,17H2,1-2H3,(H,24,25). The smallest absolute Gasteiger partial charge is 0.261 e. The first kappa shape index (κ1) is 20.2. The third kappa shape index (κ3) is 4.84. The molecule has 2 aromatic rings. The van der Waals surface area contributed by atoms with Gasteiger partial charge in [-0.05, 0) is 37.0 Å². The molecule has 5 heteroatoms. The molecule has 0 radical (unpaired) electrons. The zero-order valence-corrected chi connectivity index (χ0v) is 16.6. The minimum absolute atomic E-state index is 0.0906. The molecule has 0 aliphatic carbocycles. The van der Waals surface area contributed by atoms with Crippen LogP contribution in [0.3, 0.4) is 0 Å². The molecule has 0 saturated carbocycles. The molecule has 28 heavy (non-hydrogen) atoms. The molecule has 2 aromatic carbocycles. The van der Waals surface area contributed by atoms with Crippen LogP contribution in [0.2, 0.25) is 0 Å². The van der Waals surface area contributed by atoms with E-state index in [2.05, 4.69) is 29.6 Å². The zero-order valence-electron chi connectivity index (χ0n) is 16.6. The summed E-state index contributed by atoms with van der Waals surface area (Å²) in [6, 6.07) is 17.7. The van der Waals surface area contributed by atoms with Gasteiger partial charge in [0, 0.05) is 31.2 Å². The lowest BCUT2D eigenvalue weighted by Crippen LogP contribution is -2.48. The maximum atomic E-state index is 12.9. The largest absolute Gasteiger partial charge is 0.497 e. The molecule has 1 atom stereocenters. The molecule has 1 N–H and O–H groups in total. The van der Waals surface area contributed by atoms with Crippen molar-refractivity contribution in [3.63, 3.8) is 0 Å². The number of ether oxygens (including phenoxy) is 3. The van der Waals surface area contributed by atoms with Gasteiger partial charge in [0.15, 0.2) is 6.10 Å². The quantitative estimate of drug-likeness (QED) is 0.755. The molecule has 1 amide bonds. The van der Waals surface area contributed by atoms with E-state index in [4.69, 9.17) is 14.2 Å². The van der Waals surface area contributed by atoms with Crippen molar-refractivity contribution in [1.82, 2.24) is 5.32 Å². The molecule has 3 rings (SSSR count). The molecular formula is C23H29NO4. The first-order chi connectivity index (χ1) is 13.7. The summed E-state index contributed by atoms with van der Waals surface area (Å²) in [5.74, 6) is 1.25. The Morgan fingerprint density at radius 2 is 1.82 bits per heavy atom. The summed E-state index contributed by atoms with van der Waals surface area (Å²) in [5.41, 5.74) is 1.16. The summed E-state index contributed by atoms with van der Waals surface area (Å²) in [5, 5.41) is 3.14. The van der Waals surface area contributed by atoms with Crippen LogP contribution in [-0.2, 0) is 14.9 Å². The average Bonchev–Trinajstić information content (AvgIpc) is 2.77. The van der Waals surface area contributed by atoms with Gasteiger partial charge < -0.3 is 19.5 Å². The summed E-state index contributed by atoms with van der Waals surface area (Å²) >= 11 is 0. The van der Waals surface area contributed by atoms with Gasteiger partial charge in [-0.3, -0.25) is 4.79 Å². The number of rotatable bonds is 8. The molecule has 0 aromatic heterocycles. The van der Waals surface area contributed by atoms with Crippen LogP contribution in [-0.4, -0.2) is 38.9 Å². The number of amides is 1. The van der Waals surface area contributed by atoms with Crippen LogP contribution in [0.1, 0.15) is 31.7 Å². The van der Waals surface area contributed by atoms with Gasteiger partial charge in [-0.2, -0.15) is 0 Å². The number of carbonyl (C=O) groups is 1. The molecule has 1 fully saturated rings. The fourth-order valence-corrected chi connectivity index (χ4v) is 3.65. The van der Waals surface area contributed by atoms with Crippen molar-refractivity contribution in [2.24, 2.45) is 0 Å². The van der Waals surface area contributed by atoms with Gasteiger partial charge in [0.2, 0.25) is 0 Å². The second-order valence-corrected chi connectivity index (χ2v) is 7.17. The summed E-state index contributed by atoms with van der Waals surface area (Å²) in [4.78, 5) is 12.9. The molecule has 1 aliphatic heterocycles. The van der Waals surface area contributed by atoms with E-state index in [0.717, 1.165) is 12.8 Å². The van der Waals surface area contributed by atoms with E-state index in [9.17, 15) is 4.79 Å². The van der Waals surface area contributed by atoms with Gasteiger partial charge in [0.05, 0.1) is 7.11 Å². The minimum atomic E-state index is -0.542. The number of hydrogen-bond donors (Lipinski definition) is 1. The van der Waals surface area contributed by atoms with E-state index in [1.54, 1.807) is 13.2 Å². The Bertz CT molecular complexity index is 756. The predicted molar refractivity (Wildman–Crippen MR) is 109 cm³/mol. The number of methoxy groups -OCH3 is 1. The van der Waals surface area contributed by atoms with Gasteiger partial charge in [-0.25, -0.2) is 0 Å². The maximum Gasteiger partial charge on any atom is 0.261 e. The zero-order chi connectivity index (χ0) is 19.8. The third-order valence-corrected chi connectivity index (χ3v) is 5.42. The van der Waals surface area contributed by atoms with E-state index >= 15 is 0 Å². The van der Waals surface area contributed by atoms with Crippen molar-refractivity contribution >= 4 is 5.91 Å². The Morgan fingerprint density at radius 3 is 2.50 bits per heavy atom. The molecule has 0 bridgehead atoms. The highest BCUT2D eigenvalue weighted by atomic mass is 16.5. The van der Waals surface area contributed by atoms with Crippen molar-refractivity contribution in [2.75, 3.05) is 26.9 Å². The molecular weight excluding hydrogens is 354 g/mol. The summed E-state index contributed by atoms with van der Waals surface area (Å²) < 4.78 is 16.7. The molecule has 1 aliphatic rings. The summed E-state index contributed by atoms with van der Waals surface area (Å²) in [7, 11) is 1.61. The molecule has 1 heterocycles. The highest BCUT2D eigenvalue weighted by molar-refractivity contribution is 5.81. The van der Waals surface area contributed by atoms with Crippen molar-refractivity contribution < 1.29 is 19.0 Å². The average molecular weight is 383 g/mol. The van der Waals surface area contributed by atoms with Crippen molar-refractivity contribution in [3.05, 3.63) is 60.2 Å². The third-order valence-electron chi connectivity index (χ3n) is 5.42. The summed E-state index contributed by atoms with van der Waals surface area (Å²) in [6.45, 7) is 3.95. The maximum absolute atomic E-state index is 12.9. The van der Waals surface area contributed by atoms with Crippen molar-refractivity contribution in [3.8, 4) is 11.5 Å². The lowest BCUT2D eigenvalue weighted by molar-refractivity contribution is -0.128. The normalized spacial score (nSPS) is 16.8. The lowest BCUT2D eigenvalue weighted by atomic mass is 9.74. The van der Waals surface area contributed by atoms with Crippen LogP contribution in [0.4, 0.5) is 0 Å². The first-order valence-corrected chi connectivity index (χ1v) is 9.88. The topological polar surface area (TPSA) is 56.8 Å². The Labute approximate surface area is 167 Å². The van der Waals surface area contributed by atoms with Crippen molar-refractivity contribution in [1.29, 1.82) is 0 Å². The number of nitrogens with one attached hydrogen (secondary N) is 1. The highest BCUT2D eigenvalue weighted by Gasteiger charge is 2.35. The molecule has 1 saturated heterocycles. The van der Waals surface area contributed by atoms with Crippen LogP contribution in [0.15, 0.2) is 54.6 Å². The number of hydrogen-bond acceptors (Lipinski definition) is 4. The van der Waals surface area contributed by atoms with Gasteiger partial charge in [-0.1, -0.05) is 43.3 Å². The van der Waals surface area contributed by atoms with Gasteiger partial charge in [0.25, 0.3) is 5.91 Å². The van der Waals surface area contributed by atoms with Crippen molar-refractivity contribution in [2.45, 2.75) is 37.7 Å². The predicted octanol–water partition coefficient (Wildman–Crippen LogP) is 3.72. The molecule has 5 nitrogen and oxygen atoms in total. The van der Waals surface area contributed by atoms with Gasteiger partial charge in [0.1, 0.15) is 11.5 Å². The Hall–Kier alpha value is -2.53. The van der Waals surface area contributed by atoms with E-state index in [1.165, 1.54) is 5.56 Å².